The maximum atomic E-state index is 4.66. The van der Waals surface area contributed by atoms with Gasteiger partial charge in [0.1, 0.15) is 0 Å². The van der Waals surface area contributed by atoms with Crippen LogP contribution in [0, 0.1) is 5.92 Å². The zero-order valence-electron chi connectivity index (χ0n) is 15.6. The average Bonchev–Trinajstić information content (AvgIpc) is 3.05. The molecular weight excluding hydrogens is 324 g/mol. The summed E-state index contributed by atoms with van der Waals surface area (Å²) in [5.74, 6) is 2.10. The summed E-state index contributed by atoms with van der Waals surface area (Å²) < 4.78 is 1.77. The predicted octanol–water partition coefficient (Wildman–Crippen LogP) is 3.37. The molecule has 0 spiro atoms. The Kier molecular flexibility index (Phi) is 4.93. The minimum atomic E-state index is 0.570. The van der Waals surface area contributed by atoms with Crippen molar-refractivity contribution in [2.75, 3.05) is 13.1 Å². The van der Waals surface area contributed by atoms with Crippen LogP contribution < -0.4 is 0 Å². The SMILES string of the molecule is CC(C)Cc1ccc(-c2cnn3c(CN4CCCCC4)nnc3n2)cc1. The van der Waals surface area contributed by atoms with Crippen molar-refractivity contribution in [1.82, 2.24) is 29.7 Å². The van der Waals surface area contributed by atoms with Gasteiger partial charge in [-0.3, -0.25) is 4.90 Å². The van der Waals surface area contributed by atoms with Gasteiger partial charge in [0.15, 0.2) is 5.82 Å². The quantitative estimate of drug-likeness (QED) is 0.706. The Balaban J connectivity index is 1.54. The number of fused-ring (bicyclic) bond motifs is 1. The molecule has 136 valence electrons. The molecule has 3 heterocycles. The van der Waals surface area contributed by atoms with Crippen molar-refractivity contribution in [2.24, 2.45) is 5.92 Å². The van der Waals surface area contributed by atoms with Crippen LogP contribution in [0.2, 0.25) is 0 Å². The van der Waals surface area contributed by atoms with E-state index < -0.39 is 0 Å². The fourth-order valence-electron chi connectivity index (χ4n) is 3.58. The van der Waals surface area contributed by atoms with Gasteiger partial charge in [-0.1, -0.05) is 44.5 Å². The minimum absolute atomic E-state index is 0.570. The van der Waals surface area contributed by atoms with Crippen LogP contribution in [-0.4, -0.2) is 42.8 Å². The maximum Gasteiger partial charge on any atom is 0.272 e. The van der Waals surface area contributed by atoms with E-state index in [1.54, 1.807) is 4.52 Å². The lowest BCUT2D eigenvalue weighted by molar-refractivity contribution is 0.214. The molecule has 0 radical (unpaired) electrons. The molecule has 0 aliphatic carbocycles. The first-order valence-corrected chi connectivity index (χ1v) is 9.58. The zero-order valence-corrected chi connectivity index (χ0v) is 15.6. The zero-order chi connectivity index (χ0) is 17.9. The Bertz CT molecular complexity index is 862. The standard InChI is InChI=1S/C20H26N6/c1-15(2)12-16-6-8-17(9-7-16)18-13-21-26-19(23-24-20(26)22-18)14-25-10-4-3-5-11-25/h6-9,13,15H,3-5,10-12,14H2,1-2H3. The first-order chi connectivity index (χ1) is 12.7. The fraction of sp³-hybridized carbons (Fsp3) is 0.500. The van der Waals surface area contributed by atoms with E-state index in [0.717, 1.165) is 43.1 Å². The highest BCUT2D eigenvalue weighted by atomic mass is 15.4. The van der Waals surface area contributed by atoms with Crippen LogP contribution >= 0.6 is 0 Å². The highest BCUT2D eigenvalue weighted by Crippen LogP contribution is 2.19. The first-order valence-electron chi connectivity index (χ1n) is 9.58. The second kappa shape index (κ2) is 7.50. The van der Waals surface area contributed by atoms with Gasteiger partial charge in [0.05, 0.1) is 18.4 Å². The highest BCUT2D eigenvalue weighted by Gasteiger charge is 2.16. The van der Waals surface area contributed by atoms with Crippen LogP contribution in [0.25, 0.3) is 17.0 Å². The topological polar surface area (TPSA) is 59.2 Å². The molecule has 0 bridgehead atoms. The molecule has 0 amide bonds. The number of nitrogens with zero attached hydrogens (tertiary/aromatic N) is 6. The molecule has 6 nitrogen and oxygen atoms in total. The molecule has 6 heteroatoms. The van der Waals surface area contributed by atoms with E-state index in [2.05, 4.69) is 63.3 Å². The summed E-state index contributed by atoms with van der Waals surface area (Å²) in [7, 11) is 0. The smallest absolute Gasteiger partial charge is 0.272 e. The fourth-order valence-corrected chi connectivity index (χ4v) is 3.58. The van der Waals surface area contributed by atoms with E-state index in [1.165, 1.54) is 24.8 Å². The third kappa shape index (κ3) is 3.75. The maximum absolute atomic E-state index is 4.66. The molecule has 0 N–H and O–H groups in total. The van der Waals surface area contributed by atoms with Crippen molar-refractivity contribution < 1.29 is 0 Å². The number of likely N-dealkylation sites (tertiary alicyclic amines) is 1. The molecule has 1 aromatic carbocycles. The van der Waals surface area contributed by atoms with Crippen molar-refractivity contribution in [3.8, 4) is 11.3 Å². The van der Waals surface area contributed by atoms with Crippen molar-refractivity contribution in [1.29, 1.82) is 0 Å². The van der Waals surface area contributed by atoms with E-state index in [-0.39, 0.29) is 0 Å². The lowest BCUT2D eigenvalue weighted by atomic mass is 10.0. The molecule has 1 fully saturated rings. The Morgan fingerprint density at radius 1 is 1.00 bits per heavy atom. The van der Waals surface area contributed by atoms with Gasteiger partial charge < -0.3 is 0 Å². The van der Waals surface area contributed by atoms with Crippen LogP contribution in [0.1, 0.15) is 44.5 Å². The van der Waals surface area contributed by atoms with Crippen molar-refractivity contribution >= 4 is 5.78 Å². The molecule has 1 aliphatic rings. The van der Waals surface area contributed by atoms with Gasteiger partial charge in [-0.05, 0) is 43.8 Å². The molecule has 1 saturated heterocycles. The Hall–Kier alpha value is -2.34. The van der Waals surface area contributed by atoms with Gasteiger partial charge >= 0.3 is 0 Å². The third-order valence-electron chi connectivity index (χ3n) is 4.91. The molecule has 3 aromatic rings. The van der Waals surface area contributed by atoms with Crippen molar-refractivity contribution in [3.63, 3.8) is 0 Å². The summed E-state index contributed by atoms with van der Waals surface area (Å²) in [6, 6.07) is 8.58. The van der Waals surface area contributed by atoms with E-state index >= 15 is 0 Å². The Morgan fingerprint density at radius 3 is 2.50 bits per heavy atom. The van der Waals surface area contributed by atoms with Crippen LogP contribution in [0.3, 0.4) is 0 Å². The van der Waals surface area contributed by atoms with Crippen LogP contribution in [0.15, 0.2) is 30.5 Å². The van der Waals surface area contributed by atoms with Gasteiger partial charge in [-0.15, -0.1) is 10.2 Å². The Morgan fingerprint density at radius 2 is 1.77 bits per heavy atom. The molecule has 4 rings (SSSR count). The molecule has 0 saturated carbocycles. The minimum Gasteiger partial charge on any atom is -0.296 e. The first kappa shape index (κ1) is 17.1. The highest BCUT2D eigenvalue weighted by molar-refractivity contribution is 5.59. The summed E-state index contributed by atoms with van der Waals surface area (Å²) in [5.41, 5.74) is 3.25. The summed E-state index contributed by atoms with van der Waals surface area (Å²) in [6.45, 7) is 7.52. The molecular formula is C20H26N6. The van der Waals surface area contributed by atoms with Crippen LogP contribution in [-0.2, 0) is 13.0 Å². The van der Waals surface area contributed by atoms with Gasteiger partial charge in [-0.25, -0.2) is 4.98 Å². The molecule has 0 atom stereocenters. The number of piperidine rings is 1. The summed E-state index contributed by atoms with van der Waals surface area (Å²) in [4.78, 5) is 7.08. The normalized spacial score (nSPS) is 15.8. The number of aromatic nitrogens is 5. The number of hydrogen-bond acceptors (Lipinski definition) is 5. The van der Waals surface area contributed by atoms with E-state index in [9.17, 15) is 0 Å². The van der Waals surface area contributed by atoms with Gasteiger partial charge in [-0.2, -0.15) is 9.61 Å². The largest absolute Gasteiger partial charge is 0.296 e. The molecule has 1 aliphatic heterocycles. The van der Waals surface area contributed by atoms with E-state index in [0.29, 0.717) is 11.7 Å². The number of rotatable bonds is 5. The summed E-state index contributed by atoms with van der Waals surface area (Å²) in [6.07, 6.45) is 6.76. The van der Waals surface area contributed by atoms with Crippen molar-refractivity contribution in [2.45, 2.75) is 46.1 Å². The summed E-state index contributed by atoms with van der Waals surface area (Å²) in [5, 5.41) is 13.1. The van der Waals surface area contributed by atoms with Crippen molar-refractivity contribution in [3.05, 3.63) is 41.9 Å². The van der Waals surface area contributed by atoms with Gasteiger partial charge in [0.25, 0.3) is 5.78 Å². The second-order valence-electron chi connectivity index (χ2n) is 7.60. The van der Waals surface area contributed by atoms with Crippen LogP contribution in [0.5, 0.6) is 0 Å². The lowest BCUT2D eigenvalue weighted by Crippen LogP contribution is -2.30. The molecule has 0 unspecified atom stereocenters. The number of hydrogen-bond donors (Lipinski definition) is 0. The van der Waals surface area contributed by atoms with Crippen LogP contribution in [0.4, 0.5) is 0 Å². The monoisotopic (exact) mass is 350 g/mol. The third-order valence-corrected chi connectivity index (χ3v) is 4.91. The lowest BCUT2D eigenvalue weighted by Gasteiger charge is -2.25. The van der Waals surface area contributed by atoms with E-state index in [4.69, 9.17) is 0 Å². The summed E-state index contributed by atoms with van der Waals surface area (Å²) >= 11 is 0. The predicted molar refractivity (Wildman–Crippen MR) is 102 cm³/mol. The molecule has 2 aromatic heterocycles. The van der Waals surface area contributed by atoms with Gasteiger partial charge in [0.2, 0.25) is 0 Å². The van der Waals surface area contributed by atoms with E-state index in [1.807, 2.05) is 6.20 Å². The van der Waals surface area contributed by atoms with Gasteiger partial charge in [0, 0.05) is 5.56 Å². The molecule has 26 heavy (non-hydrogen) atoms. The average molecular weight is 350 g/mol. The second-order valence-corrected chi connectivity index (χ2v) is 7.60. The Labute approximate surface area is 154 Å². The number of benzene rings is 1.